The lowest BCUT2D eigenvalue weighted by atomic mass is 9.92. The minimum absolute atomic E-state index is 0.0565. The third kappa shape index (κ3) is 6.55. The summed E-state index contributed by atoms with van der Waals surface area (Å²) in [4.78, 5) is 33.6. The van der Waals surface area contributed by atoms with Crippen LogP contribution in [0.4, 0.5) is 23.7 Å². The van der Waals surface area contributed by atoms with Crippen molar-refractivity contribution in [3.63, 3.8) is 0 Å². The van der Waals surface area contributed by atoms with Gasteiger partial charge in [0.1, 0.15) is 17.1 Å². The summed E-state index contributed by atoms with van der Waals surface area (Å²) in [5.41, 5.74) is 2.40. The first kappa shape index (κ1) is 31.6. The Kier molecular flexibility index (Phi) is 8.47. The number of alkyl halides is 3. The number of amides is 2. The van der Waals surface area contributed by atoms with Crippen molar-refractivity contribution in [1.82, 2.24) is 40.2 Å². The van der Waals surface area contributed by atoms with E-state index in [1.54, 1.807) is 30.3 Å². The Labute approximate surface area is 273 Å². The van der Waals surface area contributed by atoms with E-state index in [-0.39, 0.29) is 30.3 Å². The van der Waals surface area contributed by atoms with E-state index in [1.807, 2.05) is 24.0 Å². The number of aryl methyl sites for hydroxylation is 1. The van der Waals surface area contributed by atoms with Gasteiger partial charge in [0.25, 0.3) is 0 Å². The average molecular weight is 662 g/mol. The number of aromatic amines is 1. The minimum atomic E-state index is -4.56. The molecule has 1 saturated heterocycles. The van der Waals surface area contributed by atoms with Gasteiger partial charge in [-0.25, -0.2) is 9.78 Å². The summed E-state index contributed by atoms with van der Waals surface area (Å²) >= 11 is 0. The van der Waals surface area contributed by atoms with Gasteiger partial charge in [-0.15, -0.1) is 0 Å². The number of benzene rings is 1. The van der Waals surface area contributed by atoms with Crippen LogP contribution in [0.3, 0.4) is 0 Å². The molecule has 1 atom stereocenters. The molecule has 0 spiro atoms. The number of pyridine rings is 2. The average Bonchev–Trinajstić information content (AvgIpc) is 3.71. The molecule has 1 fully saturated rings. The van der Waals surface area contributed by atoms with Gasteiger partial charge in [-0.05, 0) is 47.9 Å². The SMILES string of the molecule is CC[C@H]1CN(C(=O)Nc2ccc(CN3CCNCC3)c(C(F)(F)F)c2)Cc2cc(Oc3ccnc4[nH]c(-c5noc(C)n5)cc34)cnc21. The number of nitrogens with one attached hydrogen (secondary N) is 3. The third-order valence-electron chi connectivity index (χ3n) is 8.70. The molecule has 48 heavy (non-hydrogen) atoms. The maximum absolute atomic E-state index is 14.1. The zero-order valence-electron chi connectivity index (χ0n) is 26.4. The summed E-state index contributed by atoms with van der Waals surface area (Å²) in [5.74, 6) is 1.77. The molecule has 0 saturated carbocycles. The van der Waals surface area contributed by atoms with Gasteiger partial charge < -0.3 is 29.8 Å². The van der Waals surface area contributed by atoms with E-state index in [4.69, 9.17) is 14.2 Å². The van der Waals surface area contributed by atoms with Crippen molar-refractivity contribution in [3.05, 3.63) is 77.1 Å². The highest BCUT2D eigenvalue weighted by molar-refractivity contribution is 5.90. The number of hydrogen-bond donors (Lipinski definition) is 3. The molecule has 250 valence electrons. The Morgan fingerprint density at radius 1 is 1.15 bits per heavy atom. The summed E-state index contributed by atoms with van der Waals surface area (Å²) in [6.07, 6.45) is -0.569. The molecule has 2 amide bonds. The van der Waals surface area contributed by atoms with Crippen molar-refractivity contribution in [2.45, 2.75) is 45.5 Å². The number of rotatable bonds is 7. The number of aromatic nitrogens is 5. The van der Waals surface area contributed by atoms with Crippen LogP contribution in [0.5, 0.6) is 11.5 Å². The summed E-state index contributed by atoms with van der Waals surface area (Å²) in [7, 11) is 0. The van der Waals surface area contributed by atoms with Crippen LogP contribution in [-0.2, 0) is 19.3 Å². The van der Waals surface area contributed by atoms with Crippen LogP contribution in [0.1, 0.15) is 47.5 Å². The van der Waals surface area contributed by atoms with E-state index in [1.165, 1.54) is 12.1 Å². The van der Waals surface area contributed by atoms with Crippen molar-refractivity contribution >= 4 is 22.8 Å². The summed E-state index contributed by atoms with van der Waals surface area (Å²) in [6.45, 7) is 7.32. The molecule has 7 rings (SSSR count). The van der Waals surface area contributed by atoms with Crippen LogP contribution < -0.4 is 15.4 Å². The molecule has 1 aromatic carbocycles. The second-order valence-electron chi connectivity index (χ2n) is 12.0. The van der Waals surface area contributed by atoms with E-state index in [2.05, 4.69) is 30.7 Å². The van der Waals surface area contributed by atoms with Crippen molar-refractivity contribution in [3.8, 4) is 23.0 Å². The number of H-pyrrole nitrogens is 1. The van der Waals surface area contributed by atoms with E-state index < -0.39 is 17.8 Å². The third-order valence-corrected chi connectivity index (χ3v) is 8.70. The number of halogens is 3. The largest absolute Gasteiger partial charge is 0.455 e. The predicted octanol–water partition coefficient (Wildman–Crippen LogP) is 6.07. The maximum Gasteiger partial charge on any atom is 0.416 e. The van der Waals surface area contributed by atoms with E-state index >= 15 is 0 Å². The Hall–Kier alpha value is -5.02. The van der Waals surface area contributed by atoms with Gasteiger partial charge in [-0.3, -0.25) is 9.88 Å². The van der Waals surface area contributed by atoms with Crippen LogP contribution in [0.15, 0.2) is 53.3 Å². The molecule has 6 heterocycles. The molecule has 4 aromatic heterocycles. The van der Waals surface area contributed by atoms with E-state index in [0.717, 1.165) is 36.8 Å². The Morgan fingerprint density at radius 2 is 1.98 bits per heavy atom. The van der Waals surface area contributed by atoms with Crippen LogP contribution in [0.2, 0.25) is 0 Å². The second kappa shape index (κ2) is 12.9. The Bertz CT molecular complexity index is 1950. The zero-order chi connectivity index (χ0) is 33.4. The molecule has 0 radical (unpaired) electrons. The molecule has 12 nitrogen and oxygen atoms in total. The highest BCUT2D eigenvalue weighted by Crippen LogP contribution is 2.37. The number of carbonyl (C=O) groups excluding carboxylic acids is 1. The Balaban J connectivity index is 1.09. The van der Waals surface area contributed by atoms with Gasteiger partial charge >= 0.3 is 12.2 Å². The quantitative estimate of drug-likeness (QED) is 0.190. The molecule has 3 N–H and O–H groups in total. The normalized spacial score (nSPS) is 17.0. The van der Waals surface area contributed by atoms with Gasteiger partial charge in [-0.1, -0.05) is 18.1 Å². The van der Waals surface area contributed by atoms with Crippen molar-refractivity contribution in [2.75, 3.05) is 38.0 Å². The van der Waals surface area contributed by atoms with Crippen LogP contribution >= 0.6 is 0 Å². The first-order valence-electron chi connectivity index (χ1n) is 15.8. The molecule has 0 aliphatic carbocycles. The summed E-state index contributed by atoms with van der Waals surface area (Å²) in [5, 5.41) is 10.6. The highest BCUT2D eigenvalue weighted by Gasteiger charge is 2.35. The lowest BCUT2D eigenvalue weighted by Gasteiger charge is -2.34. The van der Waals surface area contributed by atoms with Crippen LogP contribution in [-0.4, -0.2) is 73.6 Å². The minimum Gasteiger partial charge on any atom is -0.455 e. The van der Waals surface area contributed by atoms with Crippen LogP contribution in [0, 0.1) is 6.92 Å². The zero-order valence-corrected chi connectivity index (χ0v) is 26.4. The van der Waals surface area contributed by atoms with Crippen molar-refractivity contribution in [2.24, 2.45) is 0 Å². The molecule has 5 aromatic rings. The van der Waals surface area contributed by atoms with Gasteiger partial charge in [0.05, 0.1) is 28.5 Å². The van der Waals surface area contributed by atoms with Crippen molar-refractivity contribution < 1.29 is 27.2 Å². The van der Waals surface area contributed by atoms with Gasteiger partial charge in [-0.2, -0.15) is 18.2 Å². The number of fused-ring (bicyclic) bond motifs is 2. The van der Waals surface area contributed by atoms with E-state index in [9.17, 15) is 18.0 Å². The molecule has 2 aliphatic rings. The molecule has 0 unspecified atom stereocenters. The summed E-state index contributed by atoms with van der Waals surface area (Å²) < 4.78 is 53.7. The lowest BCUT2D eigenvalue weighted by Crippen LogP contribution is -2.43. The molecular weight excluding hydrogens is 627 g/mol. The second-order valence-corrected chi connectivity index (χ2v) is 12.0. The monoisotopic (exact) mass is 661 g/mol. The van der Waals surface area contributed by atoms with Gasteiger partial charge in [0.2, 0.25) is 11.7 Å². The number of carbonyl (C=O) groups is 1. The smallest absolute Gasteiger partial charge is 0.416 e. The standard InChI is InChI=1S/C33H34F3N9O3/c1-3-20-17-45(32(46)41-23-5-4-21(26(13-23)33(34,35)36)16-44-10-8-37-9-11-44)18-22-12-24(15-39-29(20)22)47-28-6-7-38-30-25(28)14-27(42-30)31-40-19(2)48-43-31/h4-7,12-15,20,37H,3,8-11,16-18H2,1-2H3,(H,38,42)(H,41,46)/t20-/m0/s1. The fourth-order valence-electron chi connectivity index (χ4n) is 6.27. The highest BCUT2D eigenvalue weighted by atomic mass is 19.4. The molecule has 15 heteroatoms. The number of piperazine rings is 1. The number of urea groups is 1. The number of hydrogen-bond acceptors (Lipinski definition) is 9. The lowest BCUT2D eigenvalue weighted by molar-refractivity contribution is -0.138. The number of ether oxygens (including phenoxy) is 1. The topological polar surface area (TPSA) is 137 Å². The summed E-state index contributed by atoms with van der Waals surface area (Å²) in [6, 6.07) is 8.95. The predicted molar refractivity (Wildman–Crippen MR) is 170 cm³/mol. The molecular formula is C33H34F3N9O3. The first-order chi connectivity index (χ1) is 23.1. The van der Waals surface area contributed by atoms with Crippen LogP contribution in [0.25, 0.3) is 22.6 Å². The Morgan fingerprint density at radius 3 is 2.73 bits per heavy atom. The number of anilines is 1. The van der Waals surface area contributed by atoms with Crippen molar-refractivity contribution in [1.29, 1.82) is 0 Å². The van der Waals surface area contributed by atoms with Gasteiger partial charge in [0, 0.05) is 70.5 Å². The maximum atomic E-state index is 14.1. The van der Waals surface area contributed by atoms with Gasteiger partial charge in [0.15, 0.2) is 0 Å². The molecule has 2 aliphatic heterocycles. The number of nitrogens with zero attached hydrogens (tertiary/aromatic N) is 6. The first-order valence-corrected chi connectivity index (χ1v) is 15.8. The fourth-order valence-corrected chi connectivity index (χ4v) is 6.27. The fraction of sp³-hybridized carbons (Fsp3) is 0.364. The van der Waals surface area contributed by atoms with E-state index in [0.29, 0.717) is 59.6 Å². The molecule has 0 bridgehead atoms.